The average molecular weight is 652 g/mol. The van der Waals surface area contributed by atoms with Crippen molar-refractivity contribution in [3.8, 4) is 17.0 Å². The number of aromatic nitrogens is 4. The van der Waals surface area contributed by atoms with Gasteiger partial charge in [0.15, 0.2) is 5.82 Å². The van der Waals surface area contributed by atoms with E-state index in [0.29, 0.717) is 23.3 Å². The molecule has 2 saturated carbocycles. The summed E-state index contributed by atoms with van der Waals surface area (Å²) in [6.45, 7) is 9.42. The van der Waals surface area contributed by atoms with Crippen LogP contribution < -0.4 is 25.3 Å². The standard InChI is InChI=1S/C36H45N9O3/c1-2-48-34(47)26-5-7-36(8-6-26)18-25(19-36)15-24-3-4-32(46)29(16-24)30-17-31-33(42-41-30)38-22-28-23-44(13-14-45(28)31)35-39-20-27(21-40-35)43-11-9-37-10-12-43/h3-4,15-17,20-21,26,28,37,46H,2,5-14,18-19,22-23H2,1H3,(H,38,42)/t26?,28-,36?/m0/s1. The number of hydrogen-bond donors (Lipinski definition) is 3. The smallest absolute Gasteiger partial charge is 0.308 e. The van der Waals surface area contributed by atoms with Crippen LogP contribution in [0.5, 0.6) is 5.75 Å². The number of nitrogens with zero attached hydrogens (tertiary/aromatic N) is 7. The Kier molecular flexibility index (Phi) is 8.27. The Balaban J connectivity index is 0.934. The molecule has 0 radical (unpaired) electrons. The number of hydrogen-bond acceptors (Lipinski definition) is 12. The van der Waals surface area contributed by atoms with Crippen molar-refractivity contribution in [2.45, 2.75) is 51.5 Å². The first kappa shape index (κ1) is 30.9. The predicted octanol–water partition coefficient (Wildman–Crippen LogP) is 4.09. The summed E-state index contributed by atoms with van der Waals surface area (Å²) >= 11 is 0. The first-order valence-corrected chi connectivity index (χ1v) is 17.6. The third-order valence-corrected chi connectivity index (χ3v) is 11.0. The molecular weight excluding hydrogens is 606 g/mol. The maximum Gasteiger partial charge on any atom is 0.308 e. The highest BCUT2D eigenvalue weighted by Gasteiger charge is 2.44. The fourth-order valence-corrected chi connectivity index (χ4v) is 8.34. The van der Waals surface area contributed by atoms with Gasteiger partial charge in [0.25, 0.3) is 0 Å². The van der Waals surface area contributed by atoms with Crippen molar-refractivity contribution < 1.29 is 14.6 Å². The van der Waals surface area contributed by atoms with Crippen molar-refractivity contribution >= 4 is 35.2 Å². The van der Waals surface area contributed by atoms with Gasteiger partial charge in [0.1, 0.15) is 5.75 Å². The summed E-state index contributed by atoms with van der Waals surface area (Å²) in [6, 6.07) is 8.03. The fourth-order valence-electron chi connectivity index (χ4n) is 8.34. The number of aromatic hydroxyl groups is 1. The Morgan fingerprint density at radius 2 is 1.83 bits per heavy atom. The molecule has 3 aliphatic heterocycles. The molecule has 2 saturated heterocycles. The minimum Gasteiger partial charge on any atom is -0.507 e. The van der Waals surface area contributed by atoms with E-state index in [4.69, 9.17) is 14.7 Å². The SMILES string of the molecule is CCOC(=O)C1CCC2(CC1)CC(=Cc1ccc(O)c(-c3cc4c(nn3)NC[C@H]3CN(c5ncc(N6CCNCC6)cn5)CCN43)c1)C2. The molecule has 3 N–H and O–H groups in total. The molecule has 252 valence electrons. The number of phenols is 1. The number of rotatable bonds is 6. The van der Waals surface area contributed by atoms with Gasteiger partial charge >= 0.3 is 5.97 Å². The van der Waals surface area contributed by atoms with Crippen LogP contribution in [0.2, 0.25) is 0 Å². The molecule has 12 heteroatoms. The second kappa shape index (κ2) is 12.9. The number of anilines is 4. The molecule has 0 unspecified atom stereocenters. The summed E-state index contributed by atoms with van der Waals surface area (Å²) in [4.78, 5) is 28.7. The van der Waals surface area contributed by atoms with Gasteiger partial charge in [-0.05, 0) is 74.6 Å². The Bertz CT molecular complexity index is 1670. The molecule has 1 atom stereocenters. The number of allylic oxidation sites excluding steroid dienone is 1. The largest absolute Gasteiger partial charge is 0.507 e. The quantitative estimate of drug-likeness (QED) is 0.332. The van der Waals surface area contributed by atoms with Crippen molar-refractivity contribution in [3.05, 3.63) is 47.8 Å². The van der Waals surface area contributed by atoms with Crippen LogP contribution >= 0.6 is 0 Å². The van der Waals surface area contributed by atoms with Gasteiger partial charge in [0.05, 0.1) is 48.0 Å². The lowest BCUT2D eigenvalue weighted by molar-refractivity contribution is -0.150. The number of ether oxygens (including phenoxy) is 1. The number of nitrogens with one attached hydrogen (secondary N) is 2. The first-order valence-electron chi connectivity index (χ1n) is 17.6. The summed E-state index contributed by atoms with van der Waals surface area (Å²) < 4.78 is 5.26. The highest BCUT2D eigenvalue weighted by atomic mass is 16.5. The van der Waals surface area contributed by atoms with E-state index < -0.39 is 0 Å². The molecular formula is C36H45N9O3. The summed E-state index contributed by atoms with van der Waals surface area (Å²) in [5.74, 6) is 1.77. The normalized spacial score (nSPS) is 25.1. The van der Waals surface area contributed by atoms with Crippen LogP contribution in [-0.2, 0) is 9.53 Å². The zero-order valence-corrected chi connectivity index (χ0v) is 27.7. The van der Waals surface area contributed by atoms with Crippen LogP contribution in [0.4, 0.5) is 23.1 Å². The summed E-state index contributed by atoms with van der Waals surface area (Å²) in [7, 11) is 0. The zero-order chi connectivity index (χ0) is 32.7. The van der Waals surface area contributed by atoms with Crippen molar-refractivity contribution in [2.24, 2.45) is 11.3 Å². The summed E-state index contributed by atoms with van der Waals surface area (Å²) in [6.07, 6.45) is 12.3. The molecule has 5 aliphatic rings. The van der Waals surface area contributed by atoms with Crippen LogP contribution in [0, 0.1) is 11.3 Å². The highest BCUT2D eigenvalue weighted by molar-refractivity contribution is 5.78. The van der Waals surface area contributed by atoms with Crippen molar-refractivity contribution in [2.75, 3.05) is 79.0 Å². The maximum atomic E-state index is 12.2. The number of benzene rings is 1. The minimum absolute atomic E-state index is 0.0281. The molecule has 0 bridgehead atoms. The Labute approximate surface area is 281 Å². The van der Waals surface area contributed by atoms with E-state index >= 15 is 0 Å². The highest BCUT2D eigenvalue weighted by Crippen LogP contribution is 2.56. The lowest BCUT2D eigenvalue weighted by Crippen LogP contribution is -2.58. The molecule has 2 aliphatic carbocycles. The molecule has 8 rings (SSSR count). The van der Waals surface area contributed by atoms with Crippen LogP contribution in [0.15, 0.2) is 42.2 Å². The van der Waals surface area contributed by atoms with E-state index in [1.807, 2.05) is 31.5 Å². The van der Waals surface area contributed by atoms with Gasteiger partial charge in [-0.1, -0.05) is 17.7 Å². The van der Waals surface area contributed by atoms with Crippen LogP contribution in [0.25, 0.3) is 17.3 Å². The number of piperazine rings is 2. The van der Waals surface area contributed by atoms with Gasteiger partial charge in [0, 0.05) is 57.9 Å². The van der Waals surface area contributed by atoms with Crippen LogP contribution in [-0.4, -0.2) is 96.2 Å². The van der Waals surface area contributed by atoms with Crippen LogP contribution in [0.1, 0.15) is 51.0 Å². The molecule has 1 spiro atoms. The van der Waals surface area contributed by atoms with E-state index in [9.17, 15) is 9.90 Å². The van der Waals surface area contributed by atoms with Crippen molar-refractivity contribution in [3.63, 3.8) is 0 Å². The maximum absolute atomic E-state index is 12.2. The molecule has 0 amide bonds. The Hall–Kier alpha value is -4.45. The number of fused-ring (bicyclic) bond motifs is 3. The van der Waals surface area contributed by atoms with E-state index in [0.717, 1.165) is 120 Å². The number of carbonyl (C=O) groups excluding carboxylic acids is 1. The average Bonchev–Trinajstić information content (AvgIpc) is 3.12. The monoisotopic (exact) mass is 651 g/mol. The molecule has 5 heterocycles. The minimum atomic E-state index is -0.0281. The summed E-state index contributed by atoms with van der Waals surface area (Å²) in [5.41, 5.74) is 6.23. The lowest BCUT2D eigenvalue weighted by atomic mass is 9.57. The first-order chi connectivity index (χ1) is 23.5. The van der Waals surface area contributed by atoms with E-state index in [-0.39, 0.29) is 23.7 Å². The Morgan fingerprint density at radius 3 is 2.60 bits per heavy atom. The van der Waals surface area contributed by atoms with Gasteiger partial charge in [-0.2, -0.15) is 0 Å². The van der Waals surface area contributed by atoms with E-state index in [1.165, 1.54) is 5.57 Å². The molecule has 12 nitrogen and oxygen atoms in total. The van der Waals surface area contributed by atoms with Crippen molar-refractivity contribution in [1.29, 1.82) is 0 Å². The fraction of sp³-hybridized carbons (Fsp3) is 0.528. The number of esters is 1. The zero-order valence-electron chi connectivity index (χ0n) is 27.7. The molecule has 3 aromatic rings. The Morgan fingerprint density at radius 1 is 1.04 bits per heavy atom. The van der Waals surface area contributed by atoms with Gasteiger partial charge in [0.2, 0.25) is 5.95 Å². The van der Waals surface area contributed by atoms with Gasteiger partial charge < -0.3 is 35.2 Å². The predicted molar refractivity (Wildman–Crippen MR) is 186 cm³/mol. The number of carbonyl (C=O) groups is 1. The van der Waals surface area contributed by atoms with Gasteiger partial charge in [-0.15, -0.1) is 10.2 Å². The second-order valence-electron chi connectivity index (χ2n) is 14.1. The van der Waals surface area contributed by atoms with E-state index in [2.05, 4.69) is 47.7 Å². The van der Waals surface area contributed by atoms with Crippen molar-refractivity contribution in [1.82, 2.24) is 25.5 Å². The molecule has 1 aromatic carbocycles. The van der Waals surface area contributed by atoms with Gasteiger partial charge in [-0.3, -0.25) is 4.79 Å². The third kappa shape index (κ3) is 6.02. The molecule has 4 fully saturated rings. The third-order valence-electron chi connectivity index (χ3n) is 11.0. The lowest BCUT2D eigenvalue weighted by Gasteiger charge is -2.48. The number of phenolic OH excluding ortho intramolecular Hbond substituents is 1. The molecule has 48 heavy (non-hydrogen) atoms. The van der Waals surface area contributed by atoms with Crippen LogP contribution in [0.3, 0.4) is 0 Å². The second-order valence-corrected chi connectivity index (χ2v) is 14.1. The summed E-state index contributed by atoms with van der Waals surface area (Å²) in [5, 5.41) is 26.9. The molecule has 2 aromatic heterocycles. The van der Waals surface area contributed by atoms with Gasteiger partial charge in [-0.25, -0.2) is 9.97 Å². The topological polar surface area (TPSA) is 132 Å². The van der Waals surface area contributed by atoms with E-state index in [1.54, 1.807) is 6.07 Å².